The van der Waals surface area contributed by atoms with Crippen molar-refractivity contribution in [2.24, 2.45) is 0 Å². The van der Waals surface area contributed by atoms with E-state index in [-0.39, 0.29) is 0 Å². The largest absolute Gasteiger partial charge is 0.315 e. The van der Waals surface area contributed by atoms with Gasteiger partial charge in [0.25, 0.3) is 0 Å². The van der Waals surface area contributed by atoms with Gasteiger partial charge < -0.3 is 5.32 Å². The summed E-state index contributed by atoms with van der Waals surface area (Å²) in [7, 11) is 1.96. The average Bonchev–Trinajstić information content (AvgIpc) is 2.71. The van der Waals surface area contributed by atoms with E-state index in [4.69, 9.17) is 0 Å². The van der Waals surface area contributed by atoms with Gasteiger partial charge in [0, 0.05) is 23.2 Å². The summed E-state index contributed by atoms with van der Waals surface area (Å²) in [4.78, 5) is 5.76. The third-order valence-corrected chi connectivity index (χ3v) is 3.77. The molecule has 0 radical (unpaired) electrons. The molecule has 3 heteroatoms. The summed E-state index contributed by atoms with van der Waals surface area (Å²) in [5.74, 6) is 0. The second-order valence-electron chi connectivity index (χ2n) is 3.91. The molecule has 0 aliphatic heterocycles. The molecule has 0 fully saturated rings. The summed E-state index contributed by atoms with van der Waals surface area (Å²) >= 11 is 1.76. The molecule has 0 unspecified atom stereocenters. The Labute approximate surface area is 100 Å². The minimum Gasteiger partial charge on any atom is -0.315 e. The lowest BCUT2D eigenvalue weighted by molar-refractivity contribution is 0.829. The lowest BCUT2D eigenvalue weighted by Crippen LogP contribution is -2.02. The molecule has 0 saturated heterocycles. The molecule has 1 N–H and O–H groups in total. The zero-order chi connectivity index (χ0) is 11.5. The molecule has 1 aromatic heterocycles. The predicted octanol–water partition coefficient (Wildman–Crippen LogP) is 3.15. The minimum atomic E-state index is 0.891. The van der Waals surface area contributed by atoms with Crippen molar-refractivity contribution in [3.63, 3.8) is 0 Å². The molecule has 0 aliphatic rings. The molecule has 16 heavy (non-hydrogen) atoms. The highest BCUT2D eigenvalue weighted by atomic mass is 32.1. The Bertz CT molecular complexity index is 488. The Morgan fingerprint density at radius 2 is 2.12 bits per heavy atom. The van der Waals surface area contributed by atoms with Gasteiger partial charge in [0.1, 0.15) is 5.01 Å². The number of hydrogen-bond acceptors (Lipinski definition) is 3. The lowest BCUT2D eigenvalue weighted by atomic mass is 10.0. The molecule has 0 atom stereocenters. The Hall–Kier alpha value is -1.19. The molecule has 0 aliphatic carbocycles. The van der Waals surface area contributed by atoms with E-state index < -0.39 is 0 Å². The number of nitrogens with one attached hydrogen (secondary N) is 1. The maximum Gasteiger partial charge on any atom is 0.123 e. The van der Waals surface area contributed by atoms with Crippen LogP contribution in [0, 0.1) is 13.8 Å². The van der Waals surface area contributed by atoms with Gasteiger partial charge in [0.05, 0.1) is 0 Å². The highest BCUT2D eigenvalue weighted by molar-refractivity contribution is 7.15. The minimum absolute atomic E-state index is 0.891. The molecule has 2 rings (SSSR count). The monoisotopic (exact) mass is 232 g/mol. The van der Waals surface area contributed by atoms with Gasteiger partial charge in [-0.2, -0.15) is 0 Å². The molecule has 1 aromatic carbocycles. The summed E-state index contributed by atoms with van der Waals surface area (Å²) in [5.41, 5.74) is 3.91. The first kappa shape index (κ1) is 11.3. The van der Waals surface area contributed by atoms with E-state index in [1.54, 1.807) is 11.3 Å². The van der Waals surface area contributed by atoms with Gasteiger partial charge in [-0.3, -0.25) is 0 Å². The van der Waals surface area contributed by atoms with Crippen LogP contribution < -0.4 is 5.32 Å². The van der Waals surface area contributed by atoms with Gasteiger partial charge in [0.15, 0.2) is 0 Å². The molecule has 2 nitrogen and oxygen atoms in total. The highest BCUT2D eigenvalue weighted by Gasteiger charge is 2.07. The normalized spacial score (nSPS) is 10.7. The van der Waals surface area contributed by atoms with Crippen LogP contribution in [0.25, 0.3) is 10.6 Å². The maximum absolute atomic E-state index is 4.49. The molecule has 0 saturated carbocycles. The van der Waals surface area contributed by atoms with Gasteiger partial charge in [-0.15, -0.1) is 11.3 Å². The summed E-state index contributed by atoms with van der Waals surface area (Å²) < 4.78 is 0. The van der Waals surface area contributed by atoms with Gasteiger partial charge in [-0.25, -0.2) is 4.98 Å². The van der Waals surface area contributed by atoms with E-state index in [0.29, 0.717) is 0 Å². The smallest absolute Gasteiger partial charge is 0.123 e. The Morgan fingerprint density at radius 3 is 2.88 bits per heavy atom. The Balaban J connectivity index is 2.39. The van der Waals surface area contributed by atoms with Gasteiger partial charge in [-0.1, -0.05) is 18.2 Å². The van der Waals surface area contributed by atoms with Gasteiger partial charge >= 0.3 is 0 Å². The Morgan fingerprint density at radius 1 is 1.31 bits per heavy atom. The van der Waals surface area contributed by atoms with Crippen molar-refractivity contribution in [2.75, 3.05) is 7.05 Å². The SMILES string of the molecule is CNCc1cnc(-c2cccc(C)c2C)s1. The predicted molar refractivity (Wildman–Crippen MR) is 69.8 cm³/mol. The van der Waals surface area contributed by atoms with Crippen LogP contribution >= 0.6 is 11.3 Å². The van der Waals surface area contributed by atoms with Crippen LogP contribution in [-0.2, 0) is 6.54 Å². The maximum atomic E-state index is 4.49. The summed E-state index contributed by atoms with van der Waals surface area (Å²) in [6, 6.07) is 6.38. The number of aromatic nitrogens is 1. The topological polar surface area (TPSA) is 24.9 Å². The fourth-order valence-corrected chi connectivity index (χ4v) is 2.68. The van der Waals surface area contributed by atoms with E-state index in [0.717, 1.165) is 11.6 Å². The van der Waals surface area contributed by atoms with Crippen LogP contribution in [0.15, 0.2) is 24.4 Å². The number of hydrogen-bond donors (Lipinski definition) is 1. The standard InChI is InChI=1S/C13H16N2S/c1-9-5-4-6-12(10(9)2)13-15-8-11(16-13)7-14-3/h4-6,8,14H,7H2,1-3H3. The van der Waals surface area contributed by atoms with E-state index in [1.165, 1.54) is 21.6 Å². The number of rotatable bonds is 3. The first-order valence-electron chi connectivity index (χ1n) is 5.38. The van der Waals surface area contributed by atoms with E-state index in [1.807, 2.05) is 13.2 Å². The summed E-state index contributed by atoms with van der Waals surface area (Å²) in [6.45, 7) is 5.19. The second kappa shape index (κ2) is 4.76. The third kappa shape index (κ3) is 2.15. The fourth-order valence-electron chi connectivity index (χ4n) is 1.67. The van der Waals surface area contributed by atoms with E-state index in [9.17, 15) is 0 Å². The zero-order valence-corrected chi connectivity index (χ0v) is 10.7. The molecule has 0 bridgehead atoms. The van der Waals surface area contributed by atoms with Crippen LogP contribution in [0.4, 0.5) is 0 Å². The number of benzene rings is 1. The molecular formula is C13H16N2S. The lowest BCUT2D eigenvalue weighted by Gasteiger charge is -2.04. The van der Waals surface area contributed by atoms with E-state index in [2.05, 4.69) is 42.3 Å². The van der Waals surface area contributed by atoms with Crippen molar-refractivity contribution in [3.05, 3.63) is 40.4 Å². The molecule has 1 heterocycles. The van der Waals surface area contributed by atoms with E-state index >= 15 is 0 Å². The van der Waals surface area contributed by atoms with Crippen LogP contribution in [0.2, 0.25) is 0 Å². The number of thiazole rings is 1. The van der Waals surface area contributed by atoms with Crippen molar-refractivity contribution in [3.8, 4) is 10.6 Å². The van der Waals surface area contributed by atoms with Gasteiger partial charge in [0.2, 0.25) is 0 Å². The molecule has 0 spiro atoms. The van der Waals surface area contributed by atoms with Crippen LogP contribution in [0.1, 0.15) is 16.0 Å². The van der Waals surface area contributed by atoms with Crippen LogP contribution in [0.3, 0.4) is 0 Å². The third-order valence-electron chi connectivity index (χ3n) is 2.74. The van der Waals surface area contributed by atoms with Crippen molar-refractivity contribution in [1.82, 2.24) is 10.3 Å². The summed E-state index contributed by atoms with van der Waals surface area (Å²) in [5, 5.41) is 4.26. The van der Waals surface area contributed by atoms with Crippen molar-refractivity contribution < 1.29 is 0 Å². The summed E-state index contributed by atoms with van der Waals surface area (Å²) in [6.07, 6.45) is 1.96. The zero-order valence-electron chi connectivity index (χ0n) is 9.87. The Kier molecular flexibility index (Phi) is 3.36. The van der Waals surface area contributed by atoms with Gasteiger partial charge in [-0.05, 0) is 32.0 Å². The fraction of sp³-hybridized carbons (Fsp3) is 0.308. The molecule has 2 aromatic rings. The second-order valence-corrected chi connectivity index (χ2v) is 5.02. The van der Waals surface area contributed by atoms with Crippen molar-refractivity contribution >= 4 is 11.3 Å². The molecular weight excluding hydrogens is 216 g/mol. The molecule has 84 valence electrons. The quantitative estimate of drug-likeness (QED) is 0.879. The van der Waals surface area contributed by atoms with Crippen molar-refractivity contribution in [1.29, 1.82) is 0 Å². The van der Waals surface area contributed by atoms with Crippen molar-refractivity contribution in [2.45, 2.75) is 20.4 Å². The van der Waals surface area contributed by atoms with Crippen LogP contribution in [0.5, 0.6) is 0 Å². The highest BCUT2D eigenvalue weighted by Crippen LogP contribution is 2.29. The first-order chi connectivity index (χ1) is 7.72. The average molecular weight is 232 g/mol. The molecule has 0 amide bonds. The van der Waals surface area contributed by atoms with Crippen LogP contribution in [-0.4, -0.2) is 12.0 Å². The number of nitrogens with zero attached hydrogens (tertiary/aromatic N) is 1. The number of aryl methyl sites for hydroxylation is 1. The first-order valence-corrected chi connectivity index (χ1v) is 6.20.